The molecule has 0 bridgehead atoms. The Hall–Kier alpha value is -2.14. The number of carbonyl (C=O) groups is 1. The van der Waals surface area contributed by atoms with Crippen LogP contribution in [0.4, 0.5) is 0 Å². The summed E-state index contributed by atoms with van der Waals surface area (Å²) in [5.41, 5.74) is 2.03. The highest BCUT2D eigenvalue weighted by atomic mass is 32.1. The van der Waals surface area contributed by atoms with E-state index in [1.807, 2.05) is 53.4 Å². The maximum atomic E-state index is 11.9. The van der Waals surface area contributed by atoms with Gasteiger partial charge in [0.2, 0.25) is 5.91 Å². The van der Waals surface area contributed by atoms with Gasteiger partial charge in [-0.15, -0.1) is 11.3 Å². The standard InChI is InChI=1S/C15H15N3OS/c1-18-13-7-3-2-6-12(13)17-14(18)10-16-15(19)9-11-5-4-8-20-11/h2-8H,9-10H2,1H3,(H,16,19). The number of imidazole rings is 1. The minimum atomic E-state index is 0.0273. The molecule has 0 aliphatic heterocycles. The number of thiophene rings is 1. The molecule has 1 amide bonds. The molecule has 1 N–H and O–H groups in total. The lowest BCUT2D eigenvalue weighted by molar-refractivity contribution is -0.120. The van der Waals surface area contributed by atoms with Gasteiger partial charge in [-0.2, -0.15) is 0 Å². The number of aryl methyl sites for hydroxylation is 1. The van der Waals surface area contributed by atoms with Gasteiger partial charge in [0.1, 0.15) is 5.82 Å². The first kappa shape index (κ1) is 12.9. The summed E-state index contributed by atoms with van der Waals surface area (Å²) < 4.78 is 2.01. The predicted molar refractivity (Wildman–Crippen MR) is 80.6 cm³/mol. The number of carbonyl (C=O) groups excluding carboxylic acids is 1. The molecule has 3 rings (SSSR count). The Bertz CT molecular complexity index is 731. The third kappa shape index (κ3) is 2.58. The summed E-state index contributed by atoms with van der Waals surface area (Å²) >= 11 is 1.60. The van der Waals surface area contributed by atoms with Crippen molar-refractivity contribution in [1.82, 2.24) is 14.9 Å². The largest absolute Gasteiger partial charge is 0.349 e. The minimum Gasteiger partial charge on any atom is -0.349 e. The molecule has 0 saturated heterocycles. The summed E-state index contributed by atoms with van der Waals surface area (Å²) in [6.07, 6.45) is 0.432. The van der Waals surface area contributed by atoms with E-state index >= 15 is 0 Å². The molecule has 0 aliphatic carbocycles. The number of hydrogen-bond acceptors (Lipinski definition) is 3. The first-order valence-electron chi connectivity index (χ1n) is 6.43. The van der Waals surface area contributed by atoms with Crippen molar-refractivity contribution in [2.75, 3.05) is 0 Å². The summed E-state index contributed by atoms with van der Waals surface area (Å²) in [5, 5.41) is 4.90. The molecule has 3 aromatic rings. The first-order valence-corrected chi connectivity index (χ1v) is 7.31. The van der Waals surface area contributed by atoms with Crippen LogP contribution in [0.5, 0.6) is 0 Å². The van der Waals surface area contributed by atoms with Crippen LogP contribution in [0.3, 0.4) is 0 Å². The second-order valence-corrected chi connectivity index (χ2v) is 5.64. The van der Waals surface area contributed by atoms with Crippen molar-refractivity contribution in [3.8, 4) is 0 Å². The number of hydrogen-bond donors (Lipinski definition) is 1. The van der Waals surface area contributed by atoms with Crippen LogP contribution in [0.15, 0.2) is 41.8 Å². The highest BCUT2D eigenvalue weighted by Crippen LogP contribution is 2.14. The Balaban J connectivity index is 1.68. The molecule has 0 atom stereocenters. The lowest BCUT2D eigenvalue weighted by Gasteiger charge is -2.04. The van der Waals surface area contributed by atoms with Crippen LogP contribution >= 0.6 is 11.3 Å². The van der Waals surface area contributed by atoms with Gasteiger partial charge in [-0.05, 0) is 23.6 Å². The van der Waals surface area contributed by atoms with Gasteiger partial charge in [0.15, 0.2) is 0 Å². The molecule has 20 heavy (non-hydrogen) atoms. The zero-order chi connectivity index (χ0) is 13.9. The van der Waals surface area contributed by atoms with Crippen molar-refractivity contribution in [3.05, 3.63) is 52.5 Å². The van der Waals surface area contributed by atoms with E-state index < -0.39 is 0 Å². The molecular weight excluding hydrogens is 270 g/mol. The van der Waals surface area contributed by atoms with Crippen LogP contribution < -0.4 is 5.32 Å². The molecule has 2 aromatic heterocycles. The fourth-order valence-corrected chi connectivity index (χ4v) is 2.87. The number of amides is 1. The number of nitrogens with one attached hydrogen (secondary N) is 1. The van der Waals surface area contributed by atoms with Gasteiger partial charge < -0.3 is 9.88 Å². The minimum absolute atomic E-state index is 0.0273. The number of rotatable bonds is 4. The van der Waals surface area contributed by atoms with Crippen LogP contribution in [-0.4, -0.2) is 15.5 Å². The van der Waals surface area contributed by atoms with Crippen LogP contribution in [0.1, 0.15) is 10.7 Å². The molecule has 1 aromatic carbocycles. The Labute approximate surface area is 121 Å². The van der Waals surface area contributed by atoms with Crippen LogP contribution in [0.25, 0.3) is 11.0 Å². The van der Waals surface area contributed by atoms with E-state index in [1.54, 1.807) is 11.3 Å². The molecular formula is C15H15N3OS. The molecule has 0 aliphatic rings. The molecule has 4 nitrogen and oxygen atoms in total. The Morgan fingerprint density at radius 1 is 1.30 bits per heavy atom. The topological polar surface area (TPSA) is 46.9 Å². The van der Waals surface area contributed by atoms with E-state index in [1.165, 1.54) is 0 Å². The Morgan fingerprint density at radius 3 is 2.90 bits per heavy atom. The van der Waals surface area contributed by atoms with Gasteiger partial charge in [0.05, 0.1) is 24.0 Å². The van der Waals surface area contributed by atoms with Gasteiger partial charge in [0.25, 0.3) is 0 Å². The second-order valence-electron chi connectivity index (χ2n) is 4.61. The molecule has 0 spiro atoms. The van der Waals surface area contributed by atoms with Gasteiger partial charge in [0, 0.05) is 11.9 Å². The number of para-hydroxylation sites is 2. The Morgan fingerprint density at radius 2 is 2.15 bits per heavy atom. The summed E-state index contributed by atoms with van der Waals surface area (Å²) in [4.78, 5) is 17.5. The molecule has 0 fully saturated rings. The lowest BCUT2D eigenvalue weighted by Crippen LogP contribution is -2.25. The third-order valence-corrected chi connectivity index (χ3v) is 4.11. The van der Waals surface area contributed by atoms with Crippen molar-refractivity contribution < 1.29 is 4.79 Å². The molecule has 2 heterocycles. The fraction of sp³-hybridized carbons (Fsp3) is 0.200. The third-order valence-electron chi connectivity index (χ3n) is 3.24. The lowest BCUT2D eigenvalue weighted by atomic mass is 10.3. The average Bonchev–Trinajstić information content (AvgIpc) is 3.06. The monoisotopic (exact) mass is 285 g/mol. The normalized spacial score (nSPS) is 10.8. The van der Waals surface area contributed by atoms with Crippen LogP contribution in [0.2, 0.25) is 0 Å². The van der Waals surface area contributed by atoms with Gasteiger partial charge in [-0.3, -0.25) is 4.79 Å². The van der Waals surface area contributed by atoms with Gasteiger partial charge in [-0.25, -0.2) is 4.98 Å². The fourth-order valence-electron chi connectivity index (χ4n) is 2.17. The van der Waals surface area contributed by atoms with Crippen LogP contribution in [-0.2, 0) is 24.8 Å². The summed E-state index contributed by atoms with van der Waals surface area (Å²) in [6.45, 7) is 0.454. The summed E-state index contributed by atoms with van der Waals surface area (Å²) in [7, 11) is 1.97. The molecule has 0 radical (unpaired) electrons. The van der Waals surface area contributed by atoms with Crippen molar-refractivity contribution in [2.45, 2.75) is 13.0 Å². The van der Waals surface area contributed by atoms with Crippen molar-refractivity contribution in [1.29, 1.82) is 0 Å². The zero-order valence-corrected chi connectivity index (χ0v) is 12.0. The van der Waals surface area contributed by atoms with Crippen molar-refractivity contribution in [2.24, 2.45) is 7.05 Å². The number of nitrogens with zero attached hydrogens (tertiary/aromatic N) is 2. The quantitative estimate of drug-likeness (QED) is 0.800. The van der Waals surface area contributed by atoms with E-state index in [2.05, 4.69) is 10.3 Å². The van der Waals surface area contributed by atoms with Crippen molar-refractivity contribution >= 4 is 28.3 Å². The molecule has 0 unspecified atom stereocenters. The summed E-state index contributed by atoms with van der Waals surface area (Å²) in [6, 6.07) is 11.9. The average molecular weight is 285 g/mol. The van der Waals surface area contributed by atoms with E-state index in [9.17, 15) is 4.79 Å². The zero-order valence-electron chi connectivity index (χ0n) is 11.2. The molecule has 0 saturated carbocycles. The van der Waals surface area contributed by atoms with E-state index in [0.29, 0.717) is 13.0 Å². The van der Waals surface area contributed by atoms with E-state index in [0.717, 1.165) is 21.7 Å². The Kier molecular flexibility index (Phi) is 3.52. The highest BCUT2D eigenvalue weighted by Gasteiger charge is 2.09. The number of benzene rings is 1. The molecule has 5 heteroatoms. The molecule has 102 valence electrons. The van der Waals surface area contributed by atoms with E-state index in [-0.39, 0.29) is 5.91 Å². The van der Waals surface area contributed by atoms with Crippen molar-refractivity contribution in [3.63, 3.8) is 0 Å². The van der Waals surface area contributed by atoms with Gasteiger partial charge >= 0.3 is 0 Å². The smallest absolute Gasteiger partial charge is 0.225 e. The summed E-state index contributed by atoms with van der Waals surface area (Å²) in [5.74, 6) is 0.894. The SMILES string of the molecule is Cn1c(CNC(=O)Cc2cccs2)nc2ccccc21. The number of fused-ring (bicyclic) bond motifs is 1. The van der Waals surface area contributed by atoms with E-state index in [4.69, 9.17) is 0 Å². The van der Waals surface area contributed by atoms with Crippen LogP contribution in [0, 0.1) is 0 Å². The maximum absolute atomic E-state index is 11.9. The number of aromatic nitrogens is 2. The highest BCUT2D eigenvalue weighted by molar-refractivity contribution is 7.10. The second kappa shape index (κ2) is 5.46. The van der Waals surface area contributed by atoms with Gasteiger partial charge in [-0.1, -0.05) is 18.2 Å². The maximum Gasteiger partial charge on any atom is 0.225 e. The predicted octanol–water partition coefficient (Wildman–Crippen LogP) is 2.49. The first-order chi connectivity index (χ1) is 9.74.